The minimum Gasteiger partial charge on any atom is -0.337 e. The third kappa shape index (κ3) is 2.92. The van der Waals surface area contributed by atoms with Crippen LogP contribution in [0.5, 0.6) is 0 Å². The molecule has 1 saturated heterocycles. The molecule has 7 heteroatoms. The molecular formula is C14H19N7. The average Bonchev–Trinajstić information content (AvgIpc) is 2.56. The number of aromatic nitrogens is 4. The highest BCUT2D eigenvalue weighted by Gasteiger charge is 2.20. The van der Waals surface area contributed by atoms with Gasteiger partial charge in [0, 0.05) is 62.6 Å². The lowest BCUT2D eigenvalue weighted by molar-refractivity contribution is 0.626. The van der Waals surface area contributed by atoms with E-state index in [0.717, 1.165) is 49.3 Å². The lowest BCUT2D eigenvalue weighted by Gasteiger charge is -2.34. The zero-order chi connectivity index (χ0) is 14.7. The Morgan fingerprint density at radius 1 is 1.00 bits per heavy atom. The van der Waals surface area contributed by atoms with Gasteiger partial charge in [-0.05, 0) is 13.0 Å². The minimum absolute atomic E-state index is 0.477. The van der Waals surface area contributed by atoms with Gasteiger partial charge in [-0.15, -0.1) is 0 Å². The molecule has 0 amide bonds. The average molecular weight is 285 g/mol. The number of rotatable bonds is 3. The quantitative estimate of drug-likeness (QED) is 0.871. The molecule has 3 rings (SSSR count). The van der Waals surface area contributed by atoms with E-state index in [4.69, 9.17) is 5.73 Å². The van der Waals surface area contributed by atoms with E-state index in [1.54, 1.807) is 12.4 Å². The summed E-state index contributed by atoms with van der Waals surface area (Å²) in [5, 5.41) is 0. The predicted octanol–water partition coefficient (Wildman–Crippen LogP) is 0.360. The second-order valence-electron chi connectivity index (χ2n) is 5.01. The standard InChI is InChI=1S/C14H19N7/c1-11-12(9-15)10-18-14(19-11)21-7-5-20(6-8-21)13-16-3-2-4-17-13/h2-4,10H,5-9,15H2,1H3. The topological polar surface area (TPSA) is 84.1 Å². The van der Waals surface area contributed by atoms with Gasteiger partial charge < -0.3 is 15.5 Å². The van der Waals surface area contributed by atoms with E-state index < -0.39 is 0 Å². The van der Waals surface area contributed by atoms with Gasteiger partial charge in [-0.2, -0.15) is 0 Å². The summed E-state index contributed by atoms with van der Waals surface area (Å²) < 4.78 is 0. The second-order valence-corrected chi connectivity index (χ2v) is 5.01. The van der Waals surface area contributed by atoms with Crippen LogP contribution in [0.25, 0.3) is 0 Å². The van der Waals surface area contributed by atoms with Crippen molar-refractivity contribution in [2.45, 2.75) is 13.5 Å². The summed E-state index contributed by atoms with van der Waals surface area (Å²) in [5.74, 6) is 1.56. The number of piperazine rings is 1. The molecule has 0 aliphatic carbocycles. The van der Waals surface area contributed by atoms with Gasteiger partial charge in [0.2, 0.25) is 11.9 Å². The van der Waals surface area contributed by atoms with Crippen molar-refractivity contribution >= 4 is 11.9 Å². The van der Waals surface area contributed by atoms with Crippen molar-refractivity contribution in [1.82, 2.24) is 19.9 Å². The van der Waals surface area contributed by atoms with E-state index >= 15 is 0 Å². The number of nitrogens with zero attached hydrogens (tertiary/aromatic N) is 6. The van der Waals surface area contributed by atoms with Crippen LogP contribution in [0.2, 0.25) is 0 Å². The first-order valence-corrected chi connectivity index (χ1v) is 7.07. The van der Waals surface area contributed by atoms with Crippen LogP contribution in [-0.2, 0) is 6.54 Å². The Balaban J connectivity index is 1.67. The van der Waals surface area contributed by atoms with E-state index in [1.807, 2.05) is 19.2 Å². The Labute approximate surface area is 123 Å². The molecule has 0 radical (unpaired) electrons. The number of nitrogens with two attached hydrogens (primary N) is 1. The van der Waals surface area contributed by atoms with Crippen LogP contribution in [0.4, 0.5) is 11.9 Å². The molecule has 2 N–H and O–H groups in total. The SMILES string of the molecule is Cc1nc(N2CCN(c3ncccn3)CC2)ncc1CN. The molecule has 2 aromatic heterocycles. The van der Waals surface area contributed by atoms with Gasteiger partial charge in [-0.25, -0.2) is 19.9 Å². The van der Waals surface area contributed by atoms with E-state index in [1.165, 1.54) is 0 Å². The second kappa shape index (κ2) is 6.01. The van der Waals surface area contributed by atoms with Crippen LogP contribution < -0.4 is 15.5 Å². The summed E-state index contributed by atoms with van der Waals surface area (Å²) in [6, 6.07) is 1.83. The normalized spacial score (nSPS) is 15.3. The molecule has 0 saturated carbocycles. The Bertz CT molecular complexity index is 594. The van der Waals surface area contributed by atoms with Gasteiger partial charge in [0.15, 0.2) is 0 Å². The molecule has 110 valence electrons. The van der Waals surface area contributed by atoms with Gasteiger partial charge >= 0.3 is 0 Å². The van der Waals surface area contributed by atoms with Gasteiger partial charge in [-0.3, -0.25) is 0 Å². The van der Waals surface area contributed by atoms with Crippen LogP contribution >= 0.6 is 0 Å². The van der Waals surface area contributed by atoms with E-state index in [9.17, 15) is 0 Å². The summed E-state index contributed by atoms with van der Waals surface area (Å²) in [7, 11) is 0. The number of anilines is 2. The first-order valence-electron chi connectivity index (χ1n) is 7.07. The van der Waals surface area contributed by atoms with Crippen molar-refractivity contribution in [2.24, 2.45) is 5.73 Å². The summed E-state index contributed by atoms with van der Waals surface area (Å²) in [6.07, 6.45) is 5.36. The van der Waals surface area contributed by atoms with Crippen molar-refractivity contribution < 1.29 is 0 Å². The molecule has 2 aromatic rings. The maximum Gasteiger partial charge on any atom is 0.225 e. The lowest BCUT2D eigenvalue weighted by Crippen LogP contribution is -2.47. The molecule has 0 spiro atoms. The monoisotopic (exact) mass is 285 g/mol. The highest BCUT2D eigenvalue weighted by Crippen LogP contribution is 2.15. The number of hydrogen-bond donors (Lipinski definition) is 1. The Morgan fingerprint density at radius 3 is 2.19 bits per heavy atom. The molecule has 1 aliphatic rings. The fourth-order valence-corrected chi connectivity index (χ4v) is 2.39. The maximum absolute atomic E-state index is 5.65. The maximum atomic E-state index is 5.65. The highest BCUT2D eigenvalue weighted by atomic mass is 15.3. The van der Waals surface area contributed by atoms with Gasteiger partial charge in [0.05, 0.1) is 0 Å². The Hall–Kier alpha value is -2.28. The van der Waals surface area contributed by atoms with Crippen molar-refractivity contribution in [3.05, 3.63) is 35.9 Å². The highest BCUT2D eigenvalue weighted by molar-refractivity contribution is 5.38. The number of aryl methyl sites for hydroxylation is 1. The van der Waals surface area contributed by atoms with Crippen LogP contribution in [-0.4, -0.2) is 46.1 Å². The lowest BCUT2D eigenvalue weighted by atomic mass is 10.2. The van der Waals surface area contributed by atoms with Crippen molar-refractivity contribution in [3.8, 4) is 0 Å². The van der Waals surface area contributed by atoms with Gasteiger partial charge in [0.25, 0.3) is 0 Å². The van der Waals surface area contributed by atoms with Crippen LogP contribution in [0, 0.1) is 6.92 Å². The molecule has 0 unspecified atom stereocenters. The van der Waals surface area contributed by atoms with Gasteiger partial charge in [0.1, 0.15) is 0 Å². The van der Waals surface area contributed by atoms with Crippen molar-refractivity contribution in [3.63, 3.8) is 0 Å². The third-order valence-electron chi connectivity index (χ3n) is 3.69. The molecule has 7 nitrogen and oxygen atoms in total. The summed E-state index contributed by atoms with van der Waals surface area (Å²) in [4.78, 5) is 21.9. The zero-order valence-electron chi connectivity index (χ0n) is 12.1. The molecular weight excluding hydrogens is 266 g/mol. The van der Waals surface area contributed by atoms with Gasteiger partial charge in [-0.1, -0.05) is 0 Å². The van der Waals surface area contributed by atoms with Crippen molar-refractivity contribution in [2.75, 3.05) is 36.0 Å². The fourth-order valence-electron chi connectivity index (χ4n) is 2.39. The molecule has 0 atom stereocenters. The van der Waals surface area contributed by atoms with Crippen LogP contribution in [0.15, 0.2) is 24.7 Å². The van der Waals surface area contributed by atoms with E-state index in [0.29, 0.717) is 6.54 Å². The van der Waals surface area contributed by atoms with Crippen molar-refractivity contribution in [1.29, 1.82) is 0 Å². The summed E-state index contributed by atoms with van der Waals surface area (Å²) in [6.45, 7) is 5.90. The smallest absolute Gasteiger partial charge is 0.225 e. The largest absolute Gasteiger partial charge is 0.337 e. The minimum atomic E-state index is 0.477. The third-order valence-corrected chi connectivity index (χ3v) is 3.69. The van der Waals surface area contributed by atoms with Crippen LogP contribution in [0.3, 0.4) is 0 Å². The molecule has 1 fully saturated rings. The fraction of sp³-hybridized carbons (Fsp3) is 0.429. The molecule has 0 aromatic carbocycles. The number of hydrogen-bond acceptors (Lipinski definition) is 7. The Morgan fingerprint density at radius 2 is 1.62 bits per heavy atom. The first kappa shape index (κ1) is 13.7. The van der Waals surface area contributed by atoms with E-state index in [2.05, 4.69) is 29.7 Å². The first-order chi connectivity index (χ1) is 10.3. The summed E-state index contributed by atoms with van der Waals surface area (Å²) >= 11 is 0. The predicted molar refractivity (Wildman–Crippen MR) is 81.1 cm³/mol. The van der Waals surface area contributed by atoms with Crippen LogP contribution in [0.1, 0.15) is 11.3 Å². The van der Waals surface area contributed by atoms with E-state index in [-0.39, 0.29) is 0 Å². The zero-order valence-corrected chi connectivity index (χ0v) is 12.1. The summed E-state index contributed by atoms with van der Waals surface area (Å²) in [5.41, 5.74) is 7.60. The molecule has 21 heavy (non-hydrogen) atoms. The molecule has 0 bridgehead atoms. The molecule has 1 aliphatic heterocycles. The molecule has 3 heterocycles. The Kier molecular flexibility index (Phi) is 3.92.